The van der Waals surface area contributed by atoms with E-state index in [-0.39, 0.29) is 0 Å². The Morgan fingerprint density at radius 2 is 1.43 bits per heavy atom. The summed E-state index contributed by atoms with van der Waals surface area (Å²) in [5.74, 6) is 0. The van der Waals surface area contributed by atoms with Gasteiger partial charge in [-0.1, -0.05) is 79.4 Å². The Bertz CT molecular complexity index is 589. The fraction of sp³-hybridized carbons (Fsp3) is 0.350. The molecule has 0 spiro atoms. The standard InChI is InChI=1S/C20H23N/c1-16-12-14-18(15-13-16)20(17-8-4-2-5-9-17)21-19-10-6-3-7-11-19/h2,4-5,8-9,12-15,19H,3,6-7,10-11H2,1H3. The van der Waals surface area contributed by atoms with Crippen LogP contribution < -0.4 is 0 Å². The first kappa shape index (κ1) is 14.1. The van der Waals surface area contributed by atoms with Crippen LogP contribution in [-0.4, -0.2) is 11.8 Å². The molecule has 1 nitrogen and oxygen atoms in total. The van der Waals surface area contributed by atoms with E-state index in [1.54, 1.807) is 0 Å². The van der Waals surface area contributed by atoms with Gasteiger partial charge in [0.1, 0.15) is 0 Å². The molecule has 0 bridgehead atoms. The summed E-state index contributed by atoms with van der Waals surface area (Å²) in [6.45, 7) is 2.13. The topological polar surface area (TPSA) is 12.4 Å². The van der Waals surface area contributed by atoms with Crippen LogP contribution in [-0.2, 0) is 0 Å². The zero-order valence-corrected chi connectivity index (χ0v) is 12.8. The van der Waals surface area contributed by atoms with E-state index >= 15 is 0 Å². The smallest absolute Gasteiger partial charge is 0.0722 e. The summed E-state index contributed by atoms with van der Waals surface area (Å²) < 4.78 is 0. The molecule has 3 rings (SSSR count). The summed E-state index contributed by atoms with van der Waals surface area (Å²) in [7, 11) is 0. The highest BCUT2D eigenvalue weighted by Crippen LogP contribution is 2.22. The second-order valence-corrected chi connectivity index (χ2v) is 6.00. The van der Waals surface area contributed by atoms with Gasteiger partial charge in [-0.05, 0) is 19.8 Å². The van der Waals surface area contributed by atoms with Crippen LogP contribution in [0, 0.1) is 6.92 Å². The highest BCUT2D eigenvalue weighted by atomic mass is 14.8. The van der Waals surface area contributed by atoms with Crippen molar-refractivity contribution in [1.29, 1.82) is 0 Å². The van der Waals surface area contributed by atoms with Gasteiger partial charge in [0.15, 0.2) is 0 Å². The van der Waals surface area contributed by atoms with Crippen molar-refractivity contribution in [3.8, 4) is 0 Å². The first-order chi connectivity index (χ1) is 10.3. The quantitative estimate of drug-likeness (QED) is 0.687. The summed E-state index contributed by atoms with van der Waals surface area (Å²) in [6, 6.07) is 19.8. The molecule has 1 saturated carbocycles. The minimum atomic E-state index is 0.496. The highest BCUT2D eigenvalue weighted by Gasteiger charge is 2.15. The zero-order valence-electron chi connectivity index (χ0n) is 12.8. The third kappa shape index (κ3) is 3.60. The van der Waals surface area contributed by atoms with Crippen LogP contribution in [0.1, 0.15) is 48.8 Å². The van der Waals surface area contributed by atoms with E-state index in [1.165, 1.54) is 48.8 Å². The number of aliphatic imine (C=N–C) groups is 1. The Balaban J connectivity index is 1.98. The molecule has 1 heteroatoms. The van der Waals surface area contributed by atoms with Gasteiger partial charge in [-0.2, -0.15) is 0 Å². The molecule has 2 aromatic carbocycles. The number of hydrogen-bond donors (Lipinski definition) is 0. The maximum Gasteiger partial charge on any atom is 0.0722 e. The van der Waals surface area contributed by atoms with Gasteiger partial charge in [0.2, 0.25) is 0 Å². The second kappa shape index (κ2) is 6.71. The van der Waals surface area contributed by atoms with Crippen LogP contribution in [0.3, 0.4) is 0 Å². The van der Waals surface area contributed by atoms with Gasteiger partial charge in [0.05, 0.1) is 11.8 Å². The lowest BCUT2D eigenvalue weighted by Gasteiger charge is -2.20. The maximum absolute atomic E-state index is 5.12. The first-order valence-electron chi connectivity index (χ1n) is 8.03. The third-order valence-electron chi connectivity index (χ3n) is 4.26. The molecule has 0 N–H and O–H groups in total. The predicted octanol–water partition coefficient (Wildman–Crippen LogP) is 5.17. The molecule has 108 valence electrons. The molecule has 0 heterocycles. The van der Waals surface area contributed by atoms with Gasteiger partial charge in [-0.3, -0.25) is 4.99 Å². The molecule has 0 saturated heterocycles. The lowest BCUT2D eigenvalue weighted by Crippen LogP contribution is -2.14. The van der Waals surface area contributed by atoms with Crippen molar-refractivity contribution >= 4 is 5.71 Å². The minimum absolute atomic E-state index is 0.496. The van der Waals surface area contributed by atoms with E-state index in [0.717, 1.165) is 5.71 Å². The van der Waals surface area contributed by atoms with E-state index < -0.39 is 0 Å². The molecule has 0 unspecified atom stereocenters. The molecular weight excluding hydrogens is 254 g/mol. The van der Waals surface area contributed by atoms with Gasteiger partial charge in [-0.15, -0.1) is 0 Å². The van der Waals surface area contributed by atoms with Crippen molar-refractivity contribution in [3.63, 3.8) is 0 Å². The zero-order chi connectivity index (χ0) is 14.5. The predicted molar refractivity (Wildman–Crippen MR) is 90.1 cm³/mol. The molecule has 0 amide bonds. The molecule has 21 heavy (non-hydrogen) atoms. The van der Waals surface area contributed by atoms with E-state index in [1.807, 2.05) is 0 Å². The largest absolute Gasteiger partial charge is 0.281 e. The number of aryl methyl sites for hydroxylation is 1. The SMILES string of the molecule is Cc1ccc(C(=NC2CCCCC2)c2ccccc2)cc1. The Labute approximate surface area is 127 Å². The average Bonchev–Trinajstić information content (AvgIpc) is 2.55. The van der Waals surface area contributed by atoms with Crippen molar-refractivity contribution < 1.29 is 0 Å². The van der Waals surface area contributed by atoms with Gasteiger partial charge in [0, 0.05) is 11.1 Å². The normalized spacial score (nSPS) is 16.9. The molecule has 1 aliphatic carbocycles. The number of rotatable bonds is 3. The van der Waals surface area contributed by atoms with Crippen molar-refractivity contribution in [1.82, 2.24) is 0 Å². The number of hydrogen-bond acceptors (Lipinski definition) is 1. The van der Waals surface area contributed by atoms with Gasteiger partial charge in [-0.25, -0.2) is 0 Å². The van der Waals surface area contributed by atoms with Crippen LogP contribution in [0.4, 0.5) is 0 Å². The fourth-order valence-corrected chi connectivity index (χ4v) is 3.02. The van der Waals surface area contributed by atoms with E-state index in [0.29, 0.717) is 6.04 Å². The van der Waals surface area contributed by atoms with Crippen LogP contribution in [0.15, 0.2) is 59.6 Å². The molecule has 0 aromatic heterocycles. The molecule has 0 atom stereocenters. The lowest BCUT2D eigenvalue weighted by molar-refractivity contribution is 0.443. The maximum atomic E-state index is 5.12. The van der Waals surface area contributed by atoms with Crippen LogP contribution in [0.2, 0.25) is 0 Å². The molecule has 0 radical (unpaired) electrons. The molecular formula is C20H23N. The lowest BCUT2D eigenvalue weighted by atomic mass is 9.94. The van der Waals surface area contributed by atoms with E-state index in [2.05, 4.69) is 61.5 Å². The van der Waals surface area contributed by atoms with Gasteiger partial charge in [0.25, 0.3) is 0 Å². The Morgan fingerprint density at radius 3 is 2.10 bits per heavy atom. The van der Waals surface area contributed by atoms with Crippen LogP contribution in [0.5, 0.6) is 0 Å². The number of benzene rings is 2. The van der Waals surface area contributed by atoms with Crippen molar-refractivity contribution in [2.75, 3.05) is 0 Å². The monoisotopic (exact) mass is 277 g/mol. The second-order valence-electron chi connectivity index (χ2n) is 6.00. The summed E-state index contributed by atoms with van der Waals surface area (Å²) >= 11 is 0. The molecule has 1 fully saturated rings. The van der Waals surface area contributed by atoms with Crippen LogP contribution in [0.25, 0.3) is 0 Å². The first-order valence-corrected chi connectivity index (χ1v) is 8.03. The van der Waals surface area contributed by atoms with Gasteiger partial charge < -0.3 is 0 Å². The van der Waals surface area contributed by atoms with Crippen molar-refractivity contribution in [2.24, 2.45) is 4.99 Å². The highest BCUT2D eigenvalue weighted by molar-refractivity contribution is 6.13. The Hall–Kier alpha value is -1.89. The van der Waals surface area contributed by atoms with E-state index in [9.17, 15) is 0 Å². The van der Waals surface area contributed by atoms with Crippen molar-refractivity contribution in [3.05, 3.63) is 71.3 Å². The molecule has 1 aliphatic rings. The summed E-state index contributed by atoms with van der Waals surface area (Å²) in [6.07, 6.45) is 6.50. The minimum Gasteiger partial charge on any atom is -0.281 e. The third-order valence-corrected chi connectivity index (χ3v) is 4.26. The Morgan fingerprint density at radius 1 is 0.810 bits per heavy atom. The Kier molecular flexibility index (Phi) is 4.49. The summed E-state index contributed by atoms with van der Waals surface area (Å²) in [4.78, 5) is 5.12. The van der Waals surface area contributed by atoms with Crippen molar-refractivity contribution in [2.45, 2.75) is 45.1 Å². The molecule has 2 aromatic rings. The summed E-state index contributed by atoms with van der Waals surface area (Å²) in [5.41, 5.74) is 4.91. The average molecular weight is 277 g/mol. The number of nitrogens with zero attached hydrogens (tertiary/aromatic N) is 1. The fourth-order valence-electron chi connectivity index (χ4n) is 3.02. The summed E-state index contributed by atoms with van der Waals surface area (Å²) in [5, 5.41) is 0. The van der Waals surface area contributed by atoms with E-state index in [4.69, 9.17) is 4.99 Å². The van der Waals surface area contributed by atoms with Crippen LogP contribution >= 0.6 is 0 Å². The van der Waals surface area contributed by atoms with Gasteiger partial charge >= 0.3 is 0 Å². The molecule has 0 aliphatic heterocycles.